The maximum atomic E-state index is 6.47. The van der Waals surface area contributed by atoms with Crippen LogP contribution in [-0.2, 0) is 0 Å². The van der Waals surface area contributed by atoms with Crippen LogP contribution < -0.4 is 0 Å². The molecule has 0 aliphatic heterocycles. The lowest BCUT2D eigenvalue weighted by molar-refractivity contribution is 0.669. The van der Waals surface area contributed by atoms with Gasteiger partial charge in [0.15, 0.2) is 0 Å². The summed E-state index contributed by atoms with van der Waals surface area (Å²) in [6.45, 7) is 0. The number of hydrogen-bond donors (Lipinski definition) is 0. The molecule has 3 aromatic heterocycles. The van der Waals surface area contributed by atoms with Crippen LogP contribution in [0.15, 0.2) is 132 Å². The Morgan fingerprint density at radius 2 is 1.25 bits per heavy atom. The van der Waals surface area contributed by atoms with Gasteiger partial charge in [0.05, 0.1) is 27.8 Å². The Morgan fingerprint density at radius 1 is 0.550 bits per heavy atom. The number of pyridine rings is 1. The molecule has 0 saturated carbocycles. The first kappa shape index (κ1) is 21.5. The second kappa shape index (κ2) is 8.01. The minimum absolute atomic E-state index is 0.842. The molecular formula is C36H21N3O. The first-order valence-electron chi connectivity index (χ1n) is 13.4. The predicted molar refractivity (Wildman–Crippen MR) is 164 cm³/mol. The number of imidazole rings is 1. The molecule has 0 spiro atoms. The highest BCUT2D eigenvalue weighted by atomic mass is 16.3. The first-order chi connectivity index (χ1) is 19.9. The molecule has 0 unspecified atom stereocenters. The molecule has 4 nitrogen and oxygen atoms in total. The Bertz CT molecular complexity index is 2400. The van der Waals surface area contributed by atoms with Crippen molar-refractivity contribution in [1.29, 1.82) is 0 Å². The van der Waals surface area contributed by atoms with Crippen LogP contribution in [0.25, 0.3) is 82.5 Å². The van der Waals surface area contributed by atoms with Crippen LogP contribution in [-0.4, -0.2) is 14.5 Å². The summed E-state index contributed by atoms with van der Waals surface area (Å²) in [5, 5.41) is 8.03. The van der Waals surface area contributed by atoms with E-state index in [4.69, 9.17) is 14.4 Å². The zero-order valence-corrected chi connectivity index (χ0v) is 21.4. The largest absolute Gasteiger partial charge is 0.455 e. The number of para-hydroxylation sites is 4. The van der Waals surface area contributed by atoms with Gasteiger partial charge in [-0.2, -0.15) is 0 Å². The summed E-state index contributed by atoms with van der Waals surface area (Å²) >= 11 is 0. The third-order valence-corrected chi connectivity index (χ3v) is 8.04. The second-order valence-corrected chi connectivity index (χ2v) is 10.2. The molecule has 0 saturated heterocycles. The number of furan rings is 1. The normalized spacial score (nSPS) is 12.0. The van der Waals surface area contributed by atoms with Gasteiger partial charge in [0.2, 0.25) is 0 Å². The maximum Gasteiger partial charge on any atom is 0.149 e. The van der Waals surface area contributed by atoms with Crippen LogP contribution in [0.4, 0.5) is 0 Å². The van der Waals surface area contributed by atoms with Gasteiger partial charge in [-0.25, -0.2) is 4.98 Å². The number of aromatic nitrogens is 3. The van der Waals surface area contributed by atoms with Gasteiger partial charge in [-0.05, 0) is 52.6 Å². The summed E-state index contributed by atoms with van der Waals surface area (Å²) in [5.41, 5.74) is 6.67. The van der Waals surface area contributed by atoms with Crippen molar-refractivity contribution in [1.82, 2.24) is 14.5 Å². The monoisotopic (exact) mass is 511 g/mol. The van der Waals surface area contributed by atoms with Crippen molar-refractivity contribution in [3.8, 4) is 17.1 Å². The quantitative estimate of drug-likeness (QED) is 0.217. The smallest absolute Gasteiger partial charge is 0.149 e. The van der Waals surface area contributed by atoms with E-state index in [-0.39, 0.29) is 0 Å². The van der Waals surface area contributed by atoms with E-state index in [1.54, 1.807) is 0 Å². The summed E-state index contributed by atoms with van der Waals surface area (Å²) in [5.74, 6) is 0.843. The molecule has 40 heavy (non-hydrogen) atoms. The molecule has 0 aliphatic rings. The fourth-order valence-electron chi connectivity index (χ4n) is 6.35. The molecule has 186 valence electrons. The van der Waals surface area contributed by atoms with Crippen molar-refractivity contribution in [2.24, 2.45) is 0 Å². The number of nitrogens with zero attached hydrogens (tertiary/aromatic N) is 3. The molecule has 6 aromatic carbocycles. The predicted octanol–water partition coefficient (Wildman–Crippen LogP) is 9.45. The molecule has 0 aliphatic carbocycles. The van der Waals surface area contributed by atoms with E-state index >= 15 is 0 Å². The summed E-state index contributed by atoms with van der Waals surface area (Å²) in [4.78, 5) is 10.2. The molecule has 9 rings (SSSR count). The topological polar surface area (TPSA) is 43.9 Å². The van der Waals surface area contributed by atoms with Gasteiger partial charge in [-0.3, -0.25) is 9.55 Å². The molecule has 0 fully saturated rings. The van der Waals surface area contributed by atoms with E-state index in [1.807, 2.05) is 30.5 Å². The minimum Gasteiger partial charge on any atom is -0.455 e. The van der Waals surface area contributed by atoms with Crippen molar-refractivity contribution in [3.63, 3.8) is 0 Å². The molecule has 0 radical (unpaired) electrons. The number of rotatable bonds is 2. The van der Waals surface area contributed by atoms with Crippen molar-refractivity contribution in [2.45, 2.75) is 0 Å². The van der Waals surface area contributed by atoms with Gasteiger partial charge in [0, 0.05) is 27.7 Å². The van der Waals surface area contributed by atoms with Crippen molar-refractivity contribution >= 4 is 65.4 Å². The van der Waals surface area contributed by atoms with Gasteiger partial charge >= 0.3 is 0 Å². The average Bonchev–Trinajstić information content (AvgIpc) is 3.60. The highest BCUT2D eigenvalue weighted by Gasteiger charge is 2.22. The van der Waals surface area contributed by atoms with E-state index in [0.717, 1.165) is 66.3 Å². The summed E-state index contributed by atoms with van der Waals surface area (Å²) in [7, 11) is 0. The highest BCUT2D eigenvalue weighted by molar-refractivity contribution is 6.26. The molecule has 0 bridgehead atoms. The first-order valence-corrected chi connectivity index (χ1v) is 13.4. The Labute approximate surface area is 228 Å². The molecular weight excluding hydrogens is 490 g/mol. The number of fused-ring (bicyclic) bond motifs is 10. The van der Waals surface area contributed by atoms with E-state index in [0.29, 0.717) is 0 Å². The third-order valence-electron chi connectivity index (χ3n) is 8.04. The lowest BCUT2D eigenvalue weighted by Crippen LogP contribution is -2.00. The van der Waals surface area contributed by atoms with Gasteiger partial charge in [0.1, 0.15) is 17.0 Å². The standard InChI is InChI=1S/C36H21N3O/c1-2-11-23-22(10-1)25-13-8-19-31(33(25)34-26(23)16-9-21-37-34)39-30-18-5-4-17-29(30)38-36(39)28-15-7-14-27-24-12-3-6-20-32(24)40-35(27)28/h1-21H. The van der Waals surface area contributed by atoms with Crippen molar-refractivity contribution in [2.75, 3.05) is 0 Å². The average molecular weight is 512 g/mol. The summed E-state index contributed by atoms with van der Waals surface area (Å²) in [6, 6.07) is 42.2. The zero-order chi connectivity index (χ0) is 26.2. The number of benzene rings is 6. The third kappa shape index (κ3) is 2.85. The lowest BCUT2D eigenvalue weighted by atomic mass is 9.96. The van der Waals surface area contributed by atoms with Gasteiger partial charge < -0.3 is 4.42 Å². The van der Waals surface area contributed by atoms with Gasteiger partial charge in [-0.15, -0.1) is 0 Å². The van der Waals surface area contributed by atoms with Crippen LogP contribution in [0.5, 0.6) is 0 Å². The van der Waals surface area contributed by atoms with Crippen LogP contribution >= 0.6 is 0 Å². The summed E-state index contributed by atoms with van der Waals surface area (Å²) in [6.07, 6.45) is 1.88. The summed E-state index contributed by atoms with van der Waals surface area (Å²) < 4.78 is 8.75. The fraction of sp³-hybridized carbons (Fsp3) is 0. The zero-order valence-electron chi connectivity index (χ0n) is 21.4. The molecule has 3 heterocycles. The minimum atomic E-state index is 0.842. The van der Waals surface area contributed by atoms with E-state index in [2.05, 4.69) is 102 Å². The molecule has 0 atom stereocenters. The SMILES string of the molecule is c1ccc2c(c1)nc(-c1cccc3c1oc1ccccc13)n2-c1cccc2c3ccccc3c3cccnc3c12. The Balaban J connectivity index is 1.47. The Kier molecular flexibility index (Phi) is 4.30. The number of hydrogen-bond acceptors (Lipinski definition) is 3. The van der Waals surface area contributed by atoms with E-state index in [1.165, 1.54) is 16.2 Å². The van der Waals surface area contributed by atoms with Crippen LogP contribution in [0, 0.1) is 0 Å². The van der Waals surface area contributed by atoms with Crippen LogP contribution in [0.3, 0.4) is 0 Å². The molecule has 0 N–H and O–H groups in total. The van der Waals surface area contributed by atoms with Gasteiger partial charge in [0.25, 0.3) is 0 Å². The lowest BCUT2D eigenvalue weighted by Gasteiger charge is -2.16. The molecule has 0 amide bonds. The Morgan fingerprint density at radius 3 is 2.17 bits per heavy atom. The molecule has 4 heteroatoms. The Hall–Kier alpha value is -5.48. The van der Waals surface area contributed by atoms with E-state index in [9.17, 15) is 0 Å². The fourth-order valence-corrected chi connectivity index (χ4v) is 6.35. The van der Waals surface area contributed by atoms with Gasteiger partial charge in [-0.1, -0.05) is 84.9 Å². The highest BCUT2D eigenvalue weighted by Crippen LogP contribution is 2.41. The van der Waals surface area contributed by atoms with Crippen LogP contribution in [0.1, 0.15) is 0 Å². The van der Waals surface area contributed by atoms with Crippen molar-refractivity contribution in [3.05, 3.63) is 128 Å². The maximum absolute atomic E-state index is 6.47. The molecule has 9 aromatic rings. The van der Waals surface area contributed by atoms with Crippen molar-refractivity contribution < 1.29 is 4.42 Å². The second-order valence-electron chi connectivity index (χ2n) is 10.2. The van der Waals surface area contributed by atoms with E-state index < -0.39 is 0 Å². The van der Waals surface area contributed by atoms with Crippen LogP contribution in [0.2, 0.25) is 0 Å².